The number of halogens is 2. The summed E-state index contributed by atoms with van der Waals surface area (Å²) in [6, 6.07) is 2.50. The Kier molecular flexibility index (Phi) is 4.89. The minimum Gasteiger partial charge on any atom is -0.399 e. The van der Waals surface area contributed by atoms with E-state index in [1.807, 2.05) is 13.8 Å². The molecule has 0 saturated carbocycles. The quantitative estimate of drug-likeness (QED) is 0.840. The average Bonchev–Trinajstić information content (AvgIpc) is 2.13. The minimum absolute atomic E-state index is 0.0171. The van der Waals surface area contributed by atoms with E-state index in [2.05, 4.69) is 4.72 Å². The van der Waals surface area contributed by atoms with Gasteiger partial charge in [0.25, 0.3) is 0 Å². The Morgan fingerprint density at radius 1 is 1.17 bits per heavy atom. The molecule has 0 radical (unpaired) electrons. The van der Waals surface area contributed by atoms with Crippen LogP contribution in [0.2, 0.25) is 10.0 Å². The zero-order chi connectivity index (χ0) is 14.1. The van der Waals surface area contributed by atoms with Crippen molar-refractivity contribution in [2.75, 3.05) is 5.73 Å². The molecule has 0 saturated heterocycles. The van der Waals surface area contributed by atoms with Gasteiger partial charge in [-0.2, -0.15) is 0 Å². The van der Waals surface area contributed by atoms with Crippen LogP contribution in [0.15, 0.2) is 17.0 Å². The van der Waals surface area contributed by atoms with Gasteiger partial charge < -0.3 is 5.73 Å². The Bertz CT molecular complexity index is 521. The molecule has 0 aliphatic heterocycles. The van der Waals surface area contributed by atoms with Gasteiger partial charge in [0.05, 0.1) is 10.0 Å². The first-order chi connectivity index (χ1) is 8.15. The second-order valence-electron chi connectivity index (χ2n) is 4.47. The molecule has 102 valence electrons. The molecule has 1 aromatic rings. The van der Waals surface area contributed by atoms with Gasteiger partial charge in [-0.15, -0.1) is 0 Å². The highest BCUT2D eigenvalue weighted by Crippen LogP contribution is 2.31. The zero-order valence-electron chi connectivity index (χ0n) is 10.4. The van der Waals surface area contributed by atoms with Gasteiger partial charge in [-0.05, 0) is 25.0 Å². The summed E-state index contributed by atoms with van der Waals surface area (Å²) in [5.74, 6) is 0.158. The summed E-state index contributed by atoms with van der Waals surface area (Å²) in [7, 11) is -3.75. The van der Waals surface area contributed by atoms with Gasteiger partial charge in [0.15, 0.2) is 0 Å². The lowest BCUT2D eigenvalue weighted by atomic mass is 10.1. The Balaban J connectivity index is 3.21. The van der Waals surface area contributed by atoms with Crippen molar-refractivity contribution in [2.24, 2.45) is 5.92 Å². The van der Waals surface area contributed by atoms with Crippen molar-refractivity contribution in [2.45, 2.75) is 31.7 Å². The first kappa shape index (κ1) is 15.6. The van der Waals surface area contributed by atoms with E-state index in [1.165, 1.54) is 12.1 Å². The molecule has 0 aliphatic carbocycles. The lowest BCUT2D eigenvalue weighted by Crippen LogP contribution is -2.36. The van der Waals surface area contributed by atoms with E-state index in [9.17, 15) is 8.42 Å². The van der Waals surface area contributed by atoms with Gasteiger partial charge in [-0.3, -0.25) is 0 Å². The largest absolute Gasteiger partial charge is 0.399 e. The molecule has 0 bridgehead atoms. The standard InChI is InChI=1S/C11H16Cl2N2O2S/c1-6(2)7(3)15-18(16,17)11-9(12)4-8(14)5-10(11)13/h4-7,15H,14H2,1-3H3. The third-order valence-electron chi connectivity index (χ3n) is 2.63. The molecule has 3 N–H and O–H groups in total. The number of hydrogen-bond acceptors (Lipinski definition) is 3. The van der Waals surface area contributed by atoms with Crippen LogP contribution in [0.4, 0.5) is 5.69 Å². The first-order valence-electron chi connectivity index (χ1n) is 5.42. The number of rotatable bonds is 4. The fourth-order valence-electron chi connectivity index (χ4n) is 1.28. The number of nitrogens with two attached hydrogens (primary N) is 1. The molecule has 0 aromatic heterocycles. The van der Waals surface area contributed by atoms with Crippen molar-refractivity contribution in [1.29, 1.82) is 0 Å². The minimum atomic E-state index is -3.75. The first-order valence-corrected chi connectivity index (χ1v) is 7.66. The van der Waals surface area contributed by atoms with Crippen LogP contribution in [-0.4, -0.2) is 14.5 Å². The van der Waals surface area contributed by atoms with Crippen LogP contribution in [0.1, 0.15) is 20.8 Å². The Morgan fingerprint density at radius 3 is 2.00 bits per heavy atom. The van der Waals surface area contributed by atoms with Crippen LogP contribution in [0.5, 0.6) is 0 Å². The van der Waals surface area contributed by atoms with Crippen LogP contribution in [0.3, 0.4) is 0 Å². The molecular weight excluding hydrogens is 295 g/mol. The van der Waals surface area contributed by atoms with Crippen LogP contribution < -0.4 is 10.5 Å². The smallest absolute Gasteiger partial charge is 0.243 e. The van der Waals surface area contributed by atoms with Gasteiger partial charge in [0.2, 0.25) is 10.0 Å². The van der Waals surface area contributed by atoms with E-state index in [0.29, 0.717) is 5.69 Å². The molecule has 0 aliphatic rings. The van der Waals surface area contributed by atoms with Crippen molar-refractivity contribution < 1.29 is 8.42 Å². The average molecular weight is 311 g/mol. The maximum absolute atomic E-state index is 12.2. The van der Waals surface area contributed by atoms with Crippen molar-refractivity contribution >= 4 is 38.9 Å². The number of anilines is 1. The third kappa shape index (κ3) is 3.51. The zero-order valence-corrected chi connectivity index (χ0v) is 12.7. The molecule has 1 unspecified atom stereocenters. The highest BCUT2D eigenvalue weighted by atomic mass is 35.5. The Morgan fingerprint density at radius 2 is 1.61 bits per heavy atom. The second-order valence-corrected chi connectivity index (χ2v) is 6.93. The summed E-state index contributed by atoms with van der Waals surface area (Å²) in [4.78, 5) is -0.132. The molecule has 1 atom stereocenters. The highest BCUT2D eigenvalue weighted by molar-refractivity contribution is 7.89. The Labute approximate surface area is 118 Å². The van der Waals surface area contributed by atoms with E-state index >= 15 is 0 Å². The summed E-state index contributed by atoms with van der Waals surface area (Å²) in [5.41, 5.74) is 5.86. The molecule has 0 fully saturated rings. The van der Waals surface area contributed by atoms with Gasteiger partial charge in [-0.25, -0.2) is 13.1 Å². The van der Waals surface area contributed by atoms with E-state index in [-0.39, 0.29) is 26.9 Å². The molecule has 0 heterocycles. The second kappa shape index (κ2) is 5.65. The van der Waals surface area contributed by atoms with E-state index in [4.69, 9.17) is 28.9 Å². The Hall–Kier alpha value is -0.490. The highest BCUT2D eigenvalue weighted by Gasteiger charge is 2.25. The lowest BCUT2D eigenvalue weighted by molar-refractivity contribution is 0.476. The van der Waals surface area contributed by atoms with Crippen molar-refractivity contribution in [3.05, 3.63) is 22.2 Å². The number of sulfonamides is 1. The van der Waals surface area contributed by atoms with Crippen molar-refractivity contribution in [3.63, 3.8) is 0 Å². The normalized spacial score (nSPS) is 13.9. The summed E-state index contributed by atoms with van der Waals surface area (Å²) in [6.07, 6.45) is 0. The number of hydrogen-bond donors (Lipinski definition) is 2. The van der Waals surface area contributed by atoms with Gasteiger partial charge in [0, 0.05) is 11.7 Å². The monoisotopic (exact) mass is 310 g/mol. The molecule has 1 rings (SSSR count). The van der Waals surface area contributed by atoms with Gasteiger partial charge in [0.1, 0.15) is 4.90 Å². The van der Waals surface area contributed by atoms with Crippen molar-refractivity contribution in [1.82, 2.24) is 4.72 Å². The van der Waals surface area contributed by atoms with Crippen LogP contribution in [0.25, 0.3) is 0 Å². The lowest BCUT2D eigenvalue weighted by Gasteiger charge is -2.18. The van der Waals surface area contributed by atoms with Crippen LogP contribution in [-0.2, 0) is 10.0 Å². The molecule has 18 heavy (non-hydrogen) atoms. The predicted molar refractivity (Wildman–Crippen MR) is 75.5 cm³/mol. The topological polar surface area (TPSA) is 72.2 Å². The third-order valence-corrected chi connectivity index (χ3v) is 5.11. The van der Waals surface area contributed by atoms with E-state index in [1.54, 1.807) is 6.92 Å². The molecule has 0 amide bonds. The van der Waals surface area contributed by atoms with Crippen molar-refractivity contribution in [3.8, 4) is 0 Å². The summed E-state index contributed by atoms with van der Waals surface area (Å²) in [5, 5.41) is 0.0342. The number of nitrogen functional groups attached to an aromatic ring is 1. The van der Waals surface area contributed by atoms with E-state index in [0.717, 1.165) is 0 Å². The maximum atomic E-state index is 12.2. The SMILES string of the molecule is CC(C)C(C)NS(=O)(=O)c1c(Cl)cc(N)cc1Cl. The molecule has 0 spiro atoms. The predicted octanol–water partition coefficient (Wildman–Crippen LogP) is 2.90. The number of nitrogens with one attached hydrogen (secondary N) is 1. The molecular formula is C11H16Cl2N2O2S. The summed E-state index contributed by atoms with van der Waals surface area (Å²) in [6.45, 7) is 5.61. The summed E-state index contributed by atoms with van der Waals surface area (Å²) >= 11 is 11.8. The fraction of sp³-hybridized carbons (Fsp3) is 0.455. The van der Waals surface area contributed by atoms with Gasteiger partial charge in [-0.1, -0.05) is 37.0 Å². The van der Waals surface area contributed by atoms with Crippen LogP contribution in [0, 0.1) is 5.92 Å². The number of benzene rings is 1. The molecule has 7 heteroatoms. The van der Waals surface area contributed by atoms with Crippen LogP contribution >= 0.6 is 23.2 Å². The fourth-order valence-corrected chi connectivity index (χ4v) is 3.90. The van der Waals surface area contributed by atoms with Gasteiger partial charge >= 0.3 is 0 Å². The van der Waals surface area contributed by atoms with E-state index < -0.39 is 10.0 Å². The summed E-state index contributed by atoms with van der Waals surface area (Å²) < 4.78 is 26.9. The molecule has 1 aromatic carbocycles. The maximum Gasteiger partial charge on any atom is 0.243 e. The molecule has 4 nitrogen and oxygen atoms in total.